The molecule has 0 amide bonds. The molecule has 0 rings (SSSR count). The largest absolute Gasteiger partial charge is 0.548 e. The summed E-state index contributed by atoms with van der Waals surface area (Å²) in [5.74, 6) is -1.83. The highest BCUT2D eigenvalue weighted by Gasteiger charge is 2.22. The van der Waals surface area contributed by atoms with Crippen LogP contribution in [0.25, 0.3) is 0 Å². The van der Waals surface area contributed by atoms with Crippen molar-refractivity contribution in [3.05, 3.63) is 0 Å². The molecule has 0 aromatic rings. The smallest absolute Gasteiger partial charge is 0.104 e. The van der Waals surface area contributed by atoms with Gasteiger partial charge in [-0.3, -0.25) is 10.4 Å². The van der Waals surface area contributed by atoms with Crippen LogP contribution in [0, 0.1) is 5.92 Å². The van der Waals surface area contributed by atoms with Gasteiger partial charge in [-0.25, -0.2) is 0 Å². The molecule has 2 atom stereocenters. The van der Waals surface area contributed by atoms with E-state index in [1.807, 2.05) is 0 Å². The van der Waals surface area contributed by atoms with Crippen LogP contribution in [-0.2, 0) is 4.79 Å². The number of nitrogens with zero attached hydrogens (tertiary/aromatic N) is 1. The van der Waals surface area contributed by atoms with Crippen molar-refractivity contribution >= 4 is 5.97 Å². The van der Waals surface area contributed by atoms with E-state index >= 15 is 0 Å². The van der Waals surface area contributed by atoms with Gasteiger partial charge in [0.25, 0.3) is 0 Å². The molecule has 0 spiro atoms. The Hall–Kier alpha value is -0.650. The molecule has 0 aliphatic heterocycles. The van der Waals surface area contributed by atoms with Gasteiger partial charge in [0.2, 0.25) is 0 Å². The molecular weight excluding hydrogens is 150 g/mol. The fourth-order valence-corrected chi connectivity index (χ4v) is 0.777. The number of hydrogen-bond donors (Lipinski definition) is 2. The van der Waals surface area contributed by atoms with Gasteiger partial charge in [0.05, 0.1) is 5.97 Å². The molecule has 0 aliphatic rings. The summed E-state index contributed by atoms with van der Waals surface area (Å²) in [4.78, 5) is 10.3. The van der Waals surface area contributed by atoms with E-state index in [2.05, 4.69) is 0 Å². The third-order valence-electron chi connectivity index (χ3n) is 1.67. The number of carbonyl (C=O) groups is 1. The maximum absolute atomic E-state index is 10.3. The Labute approximate surface area is 64.8 Å². The van der Waals surface area contributed by atoms with Gasteiger partial charge in [-0.1, -0.05) is 25.5 Å². The minimum Gasteiger partial charge on any atom is -0.548 e. The molecule has 5 heteroatoms. The van der Waals surface area contributed by atoms with Crippen molar-refractivity contribution in [3.8, 4) is 0 Å². The molecular formula is C6H12NO4-. The van der Waals surface area contributed by atoms with E-state index in [9.17, 15) is 9.90 Å². The summed E-state index contributed by atoms with van der Waals surface area (Å²) in [7, 11) is 0. The Morgan fingerprint density at radius 3 is 2.18 bits per heavy atom. The minimum absolute atomic E-state index is 0.316. The Kier molecular flexibility index (Phi) is 4.02. The molecule has 0 bridgehead atoms. The van der Waals surface area contributed by atoms with Gasteiger partial charge >= 0.3 is 0 Å². The molecule has 5 nitrogen and oxygen atoms in total. The number of carboxylic acid groups (broad SMARTS) is 1. The summed E-state index contributed by atoms with van der Waals surface area (Å²) in [6.07, 6.45) is 0.538. The lowest BCUT2D eigenvalue weighted by atomic mass is 10.0. The van der Waals surface area contributed by atoms with Crippen LogP contribution in [0.2, 0.25) is 0 Å². The van der Waals surface area contributed by atoms with E-state index < -0.39 is 12.0 Å². The number of aliphatic carboxylic acids is 1. The number of carbonyl (C=O) groups excluding carboxylic acids is 1. The van der Waals surface area contributed by atoms with E-state index in [-0.39, 0.29) is 11.1 Å². The number of carboxylic acids is 1. The first-order chi connectivity index (χ1) is 5.00. The predicted octanol–water partition coefficient (Wildman–Crippen LogP) is -0.769. The lowest BCUT2D eigenvalue weighted by Gasteiger charge is -2.26. The summed E-state index contributed by atoms with van der Waals surface area (Å²) in [5, 5.41) is 26.9. The molecule has 0 radical (unpaired) electrons. The zero-order valence-corrected chi connectivity index (χ0v) is 6.52. The van der Waals surface area contributed by atoms with Crippen molar-refractivity contribution in [1.29, 1.82) is 0 Å². The molecule has 2 N–H and O–H groups in total. The van der Waals surface area contributed by atoms with Crippen molar-refractivity contribution < 1.29 is 20.3 Å². The highest BCUT2D eigenvalue weighted by Crippen LogP contribution is 2.10. The summed E-state index contributed by atoms with van der Waals surface area (Å²) in [6.45, 7) is 3.35. The molecule has 11 heavy (non-hydrogen) atoms. The van der Waals surface area contributed by atoms with Gasteiger partial charge in [-0.05, 0) is 5.92 Å². The second-order valence-electron chi connectivity index (χ2n) is 2.47. The van der Waals surface area contributed by atoms with Gasteiger partial charge in [-0.15, -0.1) is 0 Å². The standard InChI is InChI=1S/C6H13NO4/c1-3-4(2)5(6(8)9)7(10)11/h4-5,10-11H,3H2,1-2H3,(H,8,9)/p-1/t4-,5-/m0/s1. The lowest BCUT2D eigenvalue weighted by Crippen LogP contribution is -2.48. The second kappa shape index (κ2) is 4.27. The van der Waals surface area contributed by atoms with E-state index in [1.54, 1.807) is 13.8 Å². The Morgan fingerprint density at radius 2 is 2.09 bits per heavy atom. The topological polar surface area (TPSA) is 83.8 Å². The van der Waals surface area contributed by atoms with Gasteiger partial charge in [0.1, 0.15) is 6.04 Å². The first-order valence-electron chi connectivity index (χ1n) is 3.38. The summed E-state index contributed by atoms with van der Waals surface area (Å²) < 4.78 is 0. The summed E-state index contributed by atoms with van der Waals surface area (Å²) >= 11 is 0. The van der Waals surface area contributed by atoms with Crippen LogP contribution in [0.1, 0.15) is 20.3 Å². The van der Waals surface area contributed by atoms with E-state index in [0.29, 0.717) is 6.42 Å². The Balaban J connectivity index is 4.21. The monoisotopic (exact) mass is 162 g/mol. The van der Waals surface area contributed by atoms with Crippen molar-refractivity contribution in [1.82, 2.24) is 5.23 Å². The zero-order valence-electron chi connectivity index (χ0n) is 6.52. The normalized spacial score (nSPS) is 16.5. The van der Waals surface area contributed by atoms with Crippen LogP contribution < -0.4 is 5.11 Å². The molecule has 0 saturated carbocycles. The number of hydrogen-bond acceptors (Lipinski definition) is 5. The van der Waals surface area contributed by atoms with Gasteiger partial charge in [0, 0.05) is 0 Å². The van der Waals surface area contributed by atoms with Crippen molar-refractivity contribution in [2.24, 2.45) is 5.92 Å². The van der Waals surface area contributed by atoms with Gasteiger partial charge < -0.3 is 9.90 Å². The maximum Gasteiger partial charge on any atom is 0.104 e. The predicted molar refractivity (Wildman–Crippen MR) is 33.7 cm³/mol. The summed E-state index contributed by atoms with van der Waals surface area (Å²) in [6, 6.07) is -1.35. The average molecular weight is 162 g/mol. The van der Waals surface area contributed by atoms with E-state index in [4.69, 9.17) is 10.4 Å². The first kappa shape index (κ1) is 10.3. The first-order valence-corrected chi connectivity index (χ1v) is 3.38. The number of rotatable bonds is 4. The van der Waals surface area contributed by atoms with Crippen molar-refractivity contribution in [2.45, 2.75) is 26.3 Å². The molecule has 66 valence electrons. The third-order valence-corrected chi connectivity index (χ3v) is 1.67. The Morgan fingerprint density at radius 1 is 1.64 bits per heavy atom. The summed E-state index contributed by atoms with van der Waals surface area (Å²) in [5.41, 5.74) is 0. The minimum atomic E-state index is -1.48. The van der Waals surface area contributed by atoms with Gasteiger partial charge in [-0.2, -0.15) is 0 Å². The van der Waals surface area contributed by atoms with E-state index in [0.717, 1.165) is 0 Å². The number of hydroxylamine groups is 2. The van der Waals surface area contributed by atoms with Crippen LogP contribution >= 0.6 is 0 Å². The average Bonchev–Trinajstić information content (AvgIpc) is 1.85. The lowest BCUT2D eigenvalue weighted by molar-refractivity contribution is -0.369. The third kappa shape index (κ3) is 2.83. The quantitative estimate of drug-likeness (QED) is 0.530. The van der Waals surface area contributed by atoms with Crippen LogP contribution in [0.5, 0.6) is 0 Å². The van der Waals surface area contributed by atoms with Crippen LogP contribution in [-0.4, -0.2) is 27.7 Å². The molecule has 0 saturated heterocycles. The fraction of sp³-hybridized carbons (Fsp3) is 0.833. The SMILES string of the molecule is CC[C@H](C)[C@@H](C(=O)[O-])N(O)O. The molecule has 0 aromatic carbocycles. The van der Waals surface area contributed by atoms with Gasteiger partial charge in [0.15, 0.2) is 0 Å². The fourth-order valence-electron chi connectivity index (χ4n) is 0.777. The molecule has 0 fully saturated rings. The van der Waals surface area contributed by atoms with Crippen molar-refractivity contribution in [2.75, 3.05) is 0 Å². The molecule has 0 aliphatic carbocycles. The highest BCUT2D eigenvalue weighted by atomic mass is 16.8. The van der Waals surface area contributed by atoms with Crippen LogP contribution in [0.4, 0.5) is 0 Å². The van der Waals surface area contributed by atoms with Crippen LogP contribution in [0.15, 0.2) is 0 Å². The highest BCUT2D eigenvalue weighted by molar-refractivity contribution is 5.71. The van der Waals surface area contributed by atoms with E-state index in [1.165, 1.54) is 0 Å². The molecule has 0 heterocycles. The maximum atomic E-state index is 10.3. The molecule has 0 aromatic heterocycles. The zero-order chi connectivity index (χ0) is 9.02. The molecule has 0 unspecified atom stereocenters. The van der Waals surface area contributed by atoms with Crippen LogP contribution in [0.3, 0.4) is 0 Å². The van der Waals surface area contributed by atoms with Crippen molar-refractivity contribution in [3.63, 3.8) is 0 Å². The second-order valence-corrected chi connectivity index (χ2v) is 2.47. The Bertz CT molecular complexity index is 137.